The van der Waals surface area contributed by atoms with Gasteiger partial charge < -0.3 is 10.2 Å². The second-order valence-corrected chi connectivity index (χ2v) is 4.36. The van der Waals surface area contributed by atoms with Crippen LogP contribution in [0.5, 0.6) is 0 Å². The Kier molecular flexibility index (Phi) is 3.96. The van der Waals surface area contributed by atoms with Gasteiger partial charge in [-0.15, -0.1) is 0 Å². The van der Waals surface area contributed by atoms with Crippen molar-refractivity contribution in [3.8, 4) is 6.07 Å². The number of hydrogen-bond donors (Lipinski definition) is 1. The smallest absolute Gasteiger partial charge is 0.255 e. The lowest BCUT2D eigenvalue weighted by Crippen LogP contribution is -2.53. The van der Waals surface area contributed by atoms with E-state index >= 15 is 0 Å². The fourth-order valence-corrected chi connectivity index (χ4v) is 2.25. The summed E-state index contributed by atoms with van der Waals surface area (Å²) in [6, 6.07) is 9.44. The Hall–Kier alpha value is -1.86. The predicted molar refractivity (Wildman–Crippen MR) is 69.1 cm³/mol. The van der Waals surface area contributed by atoms with Crippen LogP contribution in [0.3, 0.4) is 0 Å². The van der Waals surface area contributed by atoms with Crippen LogP contribution in [0.25, 0.3) is 0 Å². The van der Waals surface area contributed by atoms with E-state index in [2.05, 4.69) is 11.4 Å². The van der Waals surface area contributed by atoms with Gasteiger partial charge in [-0.3, -0.25) is 4.79 Å². The minimum absolute atomic E-state index is 0.0273. The summed E-state index contributed by atoms with van der Waals surface area (Å²) in [4.78, 5) is 14.2. The van der Waals surface area contributed by atoms with Crippen molar-refractivity contribution in [2.45, 2.75) is 19.4 Å². The van der Waals surface area contributed by atoms with Crippen molar-refractivity contribution >= 4 is 5.91 Å². The molecule has 0 aliphatic carbocycles. The number of nitrogens with zero attached hydrogens (tertiary/aromatic N) is 2. The zero-order valence-corrected chi connectivity index (χ0v) is 10.5. The molecule has 0 aromatic heterocycles. The van der Waals surface area contributed by atoms with Crippen molar-refractivity contribution in [1.29, 1.82) is 5.26 Å². The highest BCUT2D eigenvalue weighted by Gasteiger charge is 2.27. The Balaban J connectivity index is 2.27. The zero-order chi connectivity index (χ0) is 13.0. The van der Waals surface area contributed by atoms with E-state index in [9.17, 15) is 4.79 Å². The third kappa shape index (κ3) is 2.36. The van der Waals surface area contributed by atoms with E-state index in [0.29, 0.717) is 13.1 Å². The van der Waals surface area contributed by atoms with Crippen LogP contribution in [-0.4, -0.2) is 36.5 Å². The molecule has 1 amide bonds. The van der Waals surface area contributed by atoms with Crippen molar-refractivity contribution in [3.05, 3.63) is 35.4 Å². The number of carbonyl (C=O) groups excluding carboxylic acids is 1. The number of aryl methyl sites for hydroxylation is 1. The van der Waals surface area contributed by atoms with Gasteiger partial charge in [0, 0.05) is 25.2 Å². The van der Waals surface area contributed by atoms with Crippen molar-refractivity contribution in [2.75, 3.05) is 19.6 Å². The number of carbonyl (C=O) groups is 1. The number of nitriles is 1. The van der Waals surface area contributed by atoms with Gasteiger partial charge in [-0.2, -0.15) is 5.26 Å². The van der Waals surface area contributed by atoms with Crippen LogP contribution in [0.1, 0.15) is 22.8 Å². The number of benzene rings is 1. The maximum absolute atomic E-state index is 12.5. The molecule has 2 rings (SSSR count). The summed E-state index contributed by atoms with van der Waals surface area (Å²) in [6.07, 6.45) is 0.825. The molecule has 1 aliphatic heterocycles. The first-order chi connectivity index (χ1) is 8.77. The molecule has 1 atom stereocenters. The van der Waals surface area contributed by atoms with Crippen LogP contribution in [-0.2, 0) is 6.42 Å². The van der Waals surface area contributed by atoms with Gasteiger partial charge in [0.15, 0.2) is 0 Å². The molecule has 1 aromatic carbocycles. The van der Waals surface area contributed by atoms with Crippen LogP contribution in [0.4, 0.5) is 0 Å². The quantitative estimate of drug-likeness (QED) is 0.848. The highest BCUT2D eigenvalue weighted by molar-refractivity contribution is 5.96. The summed E-state index contributed by atoms with van der Waals surface area (Å²) in [5.74, 6) is -0.0273. The maximum Gasteiger partial charge on any atom is 0.255 e. The lowest BCUT2D eigenvalue weighted by molar-refractivity contribution is 0.0686. The van der Waals surface area contributed by atoms with Gasteiger partial charge >= 0.3 is 0 Å². The molecule has 1 fully saturated rings. The van der Waals surface area contributed by atoms with E-state index in [1.807, 2.05) is 31.2 Å². The molecule has 1 heterocycles. The van der Waals surface area contributed by atoms with Gasteiger partial charge in [0.05, 0.1) is 6.07 Å². The van der Waals surface area contributed by atoms with E-state index in [4.69, 9.17) is 5.26 Å². The molecule has 94 valence electrons. The lowest BCUT2D eigenvalue weighted by Gasteiger charge is -2.32. The van der Waals surface area contributed by atoms with Crippen LogP contribution in [0.2, 0.25) is 0 Å². The standard InChI is InChI=1S/C14H17N3O/c1-2-11-5-3-4-6-13(11)14(18)17-8-7-16-10-12(17)9-15/h3-6,12,16H,2,7-8,10H2,1H3. The fourth-order valence-electron chi connectivity index (χ4n) is 2.25. The van der Waals surface area contributed by atoms with Crippen LogP contribution in [0.15, 0.2) is 24.3 Å². The number of rotatable bonds is 2. The minimum Gasteiger partial charge on any atom is -0.320 e. The SMILES string of the molecule is CCc1ccccc1C(=O)N1CCNCC1C#N. The average molecular weight is 243 g/mol. The summed E-state index contributed by atoms with van der Waals surface area (Å²) in [7, 11) is 0. The highest BCUT2D eigenvalue weighted by Crippen LogP contribution is 2.15. The summed E-state index contributed by atoms with van der Waals surface area (Å²) >= 11 is 0. The average Bonchev–Trinajstić information content (AvgIpc) is 2.46. The van der Waals surface area contributed by atoms with E-state index < -0.39 is 0 Å². The summed E-state index contributed by atoms with van der Waals surface area (Å²) in [5.41, 5.74) is 1.76. The van der Waals surface area contributed by atoms with Crippen LogP contribution in [0, 0.1) is 11.3 Å². The number of hydrogen-bond acceptors (Lipinski definition) is 3. The maximum atomic E-state index is 12.5. The molecule has 1 aromatic rings. The second kappa shape index (κ2) is 5.65. The first-order valence-corrected chi connectivity index (χ1v) is 6.27. The molecule has 0 radical (unpaired) electrons. The highest BCUT2D eigenvalue weighted by atomic mass is 16.2. The topological polar surface area (TPSA) is 56.1 Å². The van der Waals surface area contributed by atoms with Gasteiger partial charge in [-0.05, 0) is 18.1 Å². The largest absolute Gasteiger partial charge is 0.320 e. The molecule has 18 heavy (non-hydrogen) atoms. The molecule has 1 unspecified atom stereocenters. The zero-order valence-electron chi connectivity index (χ0n) is 10.5. The van der Waals surface area contributed by atoms with E-state index in [0.717, 1.165) is 24.1 Å². The van der Waals surface area contributed by atoms with Gasteiger partial charge in [-0.1, -0.05) is 25.1 Å². The first-order valence-electron chi connectivity index (χ1n) is 6.27. The molecule has 1 saturated heterocycles. The molecule has 0 bridgehead atoms. The number of piperazine rings is 1. The minimum atomic E-state index is -0.365. The third-order valence-corrected chi connectivity index (χ3v) is 3.28. The van der Waals surface area contributed by atoms with E-state index in [1.165, 1.54) is 0 Å². The monoisotopic (exact) mass is 243 g/mol. The summed E-state index contributed by atoms with van der Waals surface area (Å²) in [6.45, 7) is 3.93. The molecule has 4 heteroatoms. The molecular weight excluding hydrogens is 226 g/mol. The molecule has 4 nitrogen and oxygen atoms in total. The van der Waals surface area contributed by atoms with Crippen LogP contribution >= 0.6 is 0 Å². The van der Waals surface area contributed by atoms with Gasteiger partial charge in [-0.25, -0.2) is 0 Å². The number of amides is 1. The molecule has 1 aliphatic rings. The Morgan fingerprint density at radius 2 is 2.33 bits per heavy atom. The van der Waals surface area contributed by atoms with Crippen molar-refractivity contribution in [1.82, 2.24) is 10.2 Å². The fraction of sp³-hybridized carbons (Fsp3) is 0.429. The molecule has 0 spiro atoms. The predicted octanol–water partition coefficient (Wildman–Crippen LogP) is 1.19. The normalized spacial score (nSPS) is 19.3. The molecule has 1 N–H and O–H groups in total. The second-order valence-electron chi connectivity index (χ2n) is 4.36. The number of nitrogens with one attached hydrogen (secondary N) is 1. The Bertz CT molecular complexity index is 478. The van der Waals surface area contributed by atoms with Crippen LogP contribution < -0.4 is 5.32 Å². The summed E-state index contributed by atoms with van der Waals surface area (Å²) in [5, 5.41) is 12.2. The summed E-state index contributed by atoms with van der Waals surface area (Å²) < 4.78 is 0. The molecule has 0 saturated carbocycles. The lowest BCUT2D eigenvalue weighted by atomic mass is 10.0. The Labute approximate surface area is 107 Å². The van der Waals surface area contributed by atoms with Gasteiger partial charge in [0.2, 0.25) is 0 Å². The van der Waals surface area contributed by atoms with E-state index in [1.54, 1.807) is 4.90 Å². The molecular formula is C14H17N3O. The Morgan fingerprint density at radius 3 is 3.06 bits per heavy atom. The van der Waals surface area contributed by atoms with E-state index in [-0.39, 0.29) is 11.9 Å². The Morgan fingerprint density at radius 1 is 1.56 bits per heavy atom. The first kappa shape index (κ1) is 12.6. The van der Waals surface area contributed by atoms with Crippen molar-refractivity contribution < 1.29 is 4.79 Å². The third-order valence-electron chi connectivity index (χ3n) is 3.28. The van der Waals surface area contributed by atoms with Gasteiger partial charge in [0.25, 0.3) is 5.91 Å². The van der Waals surface area contributed by atoms with Crippen molar-refractivity contribution in [3.63, 3.8) is 0 Å². The van der Waals surface area contributed by atoms with Gasteiger partial charge in [0.1, 0.15) is 6.04 Å². The van der Waals surface area contributed by atoms with Crippen molar-refractivity contribution in [2.24, 2.45) is 0 Å².